The van der Waals surface area contributed by atoms with Crippen LogP contribution in [0.25, 0.3) is 11.1 Å². The van der Waals surface area contributed by atoms with Gasteiger partial charge >= 0.3 is 0 Å². The zero-order chi connectivity index (χ0) is 12.5. The summed E-state index contributed by atoms with van der Waals surface area (Å²) < 4.78 is 14.1. The minimum atomic E-state index is -1.43. The molecular weight excluding hydrogens is 227 g/mol. The molecule has 0 bridgehead atoms. The van der Waals surface area contributed by atoms with E-state index < -0.39 is 8.07 Å². The third-order valence-corrected chi connectivity index (χ3v) is 4.96. The van der Waals surface area contributed by atoms with Gasteiger partial charge in [-0.1, -0.05) is 67.3 Å². The van der Waals surface area contributed by atoms with E-state index in [2.05, 4.69) is 25.7 Å². The van der Waals surface area contributed by atoms with Crippen LogP contribution < -0.4 is 5.19 Å². The number of hydrogen-bond donors (Lipinski definition) is 0. The minimum absolute atomic E-state index is 0.115. The summed E-state index contributed by atoms with van der Waals surface area (Å²) in [6.07, 6.45) is 0. The van der Waals surface area contributed by atoms with Crippen molar-refractivity contribution in [1.82, 2.24) is 0 Å². The zero-order valence-electron chi connectivity index (χ0n) is 10.5. The maximum atomic E-state index is 14.1. The predicted molar refractivity (Wildman–Crippen MR) is 74.8 cm³/mol. The molecule has 2 aromatic carbocycles. The van der Waals surface area contributed by atoms with Crippen LogP contribution in [-0.4, -0.2) is 8.07 Å². The Morgan fingerprint density at radius 2 is 1.53 bits per heavy atom. The average Bonchev–Trinajstić information content (AvgIpc) is 2.29. The van der Waals surface area contributed by atoms with Gasteiger partial charge in [-0.15, -0.1) is 0 Å². The number of benzene rings is 2. The first-order chi connectivity index (χ1) is 7.98. The summed E-state index contributed by atoms with van der Waals surface area (Å²) in [7, 11) is -1.43. The molecule has 0 aliphatic heterocycles. The van der Waals surface area contributed by atoms with Crippen molar-refractivity contribution < 1.29 is 4.39 Å². The largest absolute Gasteiger partial charge is 0.206 e. The normalized spacial score (nSPS) is 11.5. The standard InChI is InChI=1S/C15H17FSi/c1-17(2,3)13-9-10-14(15(16)11-13)12-7-5-4-6-8-12/h4-11H,1-3H3. The van der Waals surface area contributed by atoms with Gasteiger partial charge < -0.3 is 0 Å². The van der Waals surface area contributed by atoms with Crippen molar-refractivity contribution in [3.63, 3.8) is 0 Å². The Balaban J connectivity index is 2.46. The fraction of sp³-hybridized carbons (Fsp3) is 0.200. The molecule has 0 heterocycles. The summed E-state index contributed by atoms with van der Waals surface area (Å²) in [5, 5.41) is 1.16. The number of hydrogen-bond acceptors (Lipinski definition) is 0. The highest BCUT2D eigenvalue weighted by Crippen LogP contribution is 2.22. The SMILES string of the molecule is C[Si](C)(C)c1ccc(-c2ccccc2)c(F)c1. The third-order valence-electron chi connectivity index (χ3n) is 2.92. The summed E-state index contributed by atoms with van der Waals surface area (Å²) in [5.41, 5.74) is 1.62. The van der Waals surface area contributed by atoms with Gasteiger partial charge in [0.15, 0.2) is 0 Å². The molecule has 2 heteroatoms. The van der Waals surface area contributed by atoms with Crippen LogP contribution >= 0.6 is 0 Å². The molecule has 0 radical (unpaired) electrons. The Labute approximate surface area is 103 Å². The minimum Gasteiger partial charge on any atom is -0.206 e. The van der Waals surface area contributed by atoms with Crippen LogP contribution in [0.5, 0.6) is 0 Å². The maximum absolute atomic E-state index is 14.1. The molecule has 0 aliphatic carbocycles. The molecule has 0 fully saturated rings. The molecule has 0 unspecified atom stereocenters. The smallest absolute Gasteiger partial charge is 0.130 e. The lowest BCUT2D eigenvalue weighted by molar-refractivity contribution is 0.632. The van der Waals surface area contributed by atoms with Gasteiger partial charge in [-0.3, -0.25) is 0 Å². The lowest BCUT2D eigenvalue weighted by atomic mass is 10.1. The first-order valence-electron chi connectivity index (χ1n) is 5.84. The molecule has 0 aliphatic rings. The summed E-state index contributed by atoms with van der Waals surface area (Å²) in [4.78, 5) is 0. The number of halogens is 1. The van der Waals surface area contributed by atoms with Gasteiger partial charge in [0.1, 0.15) is 5.82 Å². The van der Waals surface area contributed by atoms with Crippen molar-refractivity contribution in [2.24, 2.45) is 0 Å². The van der Waals surface area contributed by atoms with E-state index in [1.165, 1.54) is 0 Å². The monoisotopic (exact) mass is 244 g/mol. The van der Waals surface area contributed by atoms with E-state index in [0.29, 0.717) is 5.56 Å². The van der Waals surface area contributed by atoms with E-state index in [9.17, 15) is 4.39 Å². The highest BCUT2D eigenvalue weighted by Gasteiger charge is 2.18. The van der Waals surface area contributed by atoms with Crippen LogP contribution in [-0.2, 0) is 0 Å². The average molecular weight is 244 g/mol. The maximum Gasteiger partial charge on any atom is 0.130 e. The summed E-state index contributed by atoms with van der Waals surface area (Å²) in [6.45, 7) is 6.68. The molecule has 0 saturated carbocycles. The summed E-state index contributed by atoms with van der Waals surface area (Å²) in [5.74, 6) is -0.115. The Morgan fingerprint density at radius 3 is 2.06 bits per heavy atom. The van der Waals surface area contributed by atoms with Crippen LogP contribution in [0, 0.1) is 5.82 Å². The molecule has 2 rings (SSSR count). The molecule has 0 nitrogen and oxygen atoms in total. The van der Waals surface area contributed by atoms with E-state index in [1.807, 2.05) is 36.4 Å². The Hall–Kier alpha value is -1.41. The van der Waals surface area contributed by atoms with Crippen molar-refractivity contribution in [2.75, 3.05) is 0 Å². The molecule has 88 valence electrons. The topological polar surface area (TPSA) is 0 Å². The first-order valence-corrected chi connectivity index (χ1v) is 9.34. The van der Waals surface area contributed by atoms with Gasteiger partial charge in [0, 0.05) is 5.56 Å². The fourth-order valence-electron chi connectivity index (χ4n) is 1.83. The third kappa shape index (κ3) is 2.64. The zero-order valence-corrected chi connectivity index (χ0v) is 11.5. The Kier molecular flexibility index (Phi) is 3.16. The second-order valence-corrected chi connectivity index (χ2v) is 10.4. The molecule has 0 amide bonds. The predicted octanol–water partition coefficient (Wildman–Crippen LogP) is 4.04. The summed E-state index contributed by atoms with van der Waals surface area (Å²) in [6, 6.07) is 15.4. The second-order valence-electron chi connectivity index (χ2n) is 5.31. The van der Waals surface area contributed by atoms with Gasteiger partial charge in [0.2, 0.25) is 0 Å². The van der Waals surface area contributed by atoms with E-state index in [-0.39, 0.29) is 5.82 Å². The van der Waals surface area contributed by atoms with E-state index in [1.54, 1.807) is 6.07 Å². The van der Waals surface area contributed by atoms with Crippen LogP contribution in [0.4, 0.5) is 4.39 Å². The lowest BCUT2D eigenvalue weighted by Gasteiger charge is -2.17. The number of rotatable bonds is 2. The van der Waals surface area contributed by atoms with Gasteiger partial charge in [-0.2, -0.15) is 0 Å². The second kappa shape index (κ2) is 4.45. The van der Waals surface area contributed by atoms with E-state index in [0.717, 1.165) is 10.8 Å². The molecule has 2 aromatic rings. The molecule has 17 heavy (non-hydrogen) atoms. The van der Waals surface area contributed by atoms with Gasteiger partial charge in [0.25, 0.3) is 0 Å². The molecule has 0 saturated heterocycles. The first kappa shape index (κ1) is 12.1. The van der Waals surface area contributed by atoms with Crippen molar-refractivity contribution in [2.45, 2.75) is 19.6 Å². The van der Waals surface area contributed by atoms with Crippen molar-refractivity contribution >= 4 is 13.3 Å². The Bertz CT molecular complexity index is 512. The molecule has 0 aromatic heterocycles. The van der Waals surface area contributed by atoms with Crippen LogP contribution in [0.1, 0.15) is 0 Å². The molecule has 0 N–H and O–H groups in total. The van der Waals surface area contributed by atoms with Crippen LogP contribution in [0.2, 0.25) is 19.6 Å². The highest BCUT2D eigenvalue weighted by molar-refractivity contribution is 6.88. The van der Waals surface area contributed by atoms with Gasteiger partial charge in [-0.25, -0.2) is 4.39 Å². The van der Waals surface area contributed by atoms with Crippen LogP contribution in [0.15, 0.2) is 48.5 Å². The fourth-order valence-corrected chi connectivity index (χ4v) is 2.98. The highest BCUT2D eigenvalue weighted by atomic mass is 28.3. The van der Waals surface area contributed by atoms with Gasteiger partial charge in [0.05, 0.1) is 8.07 Å². The quantitative estimate of drug-likeness (QED) is 0.699. The van der Waals surface area contributed by atoms with Gasteiger partial charge in [-0.05, 0) is 11.6 Å². The molecular formula is C15H17FSi. The van der Waals surface area contributed by atoms with E-state index >= 15 is 0 Å². The lowest BCUT2D eigenvalue weighted by Crippen LogP contribution is -2.37. The van der Waals surface area contributed by atoms with Crippen molar-refractivity contribution in [3.05, 3.63) is 54.3 Å². The summed E-state index contributed by atoms with van der Waals surface area (Å²) >= 11 is 0. The van der Waals surface area contributed by atoms with Crippen LogP contribution in [0.3, 0.4) is 0 Å². The van der Waals surface area contributed by atoms with E-state index in [4.69, 9.17) is 0 Å². The van der Waals surface area contributed by atoms with Crippen molar-refractivity contribution in [3.8, 4) is 11.1 Å². The molecule has 0 atom stereocenters. The molecule has 0 spiro atoms. The van der Waals surface area contributed by atoms with Crippen molar-refractivity contribution in [1.29, 1.82) is 0 Å². The Morgan fingerprint density at radius 1 is 0.882 bits per heavy atom.